The van der Waals surface area contributed by atoms with E-state index in [1.807, 2.05) is 6.92 Å². The number of halogens is 1. The van der Waals surface area contributed by atoms with Crippen molar-refractivity contribution >= 4 is 21.9 Å². The van der Waals surface area contributed by atoms with Crippen molar-refractivity contribution in [2.45, 2.75) is 13.3 Å². The Morgan fingerprint density at radius 1 is 1.60 bits per heavy atom. The van der Waals surface area contributed by atoms with E-state index < -0.39 is 0 Å². The molecule has 84 valence electrons. The molecule has 2 N–H and O–H groups in total. The second-order valence-electron chi connectivity index (χ2n) is 2.80. The standard InChI is InChI=1S/C9H14BrN3O2/c1-2-11-9-12-6-7(10)8(13-9)15-5-3-4-14/h6,14H,2-5H2,1H3,(H,11,12,13). The first-order valence-electron chi connectivity index (χ1n) is 4.78. The lowest BCUT2D eigenvalue weighted by atomic mass is 10.5. The number of aliphatic hydroxyl groups is 1. The first-order valence-corrected chi connectivity index (χ1v) is 5.57. The summed E-state index contributed by atoms with van der Waals surface area (Å²) in [5.41, 5.74) is 0. The van der Waals surface area contributed by atoms with Crippen LogP contribution in [0.15, 0.2) is 10.7 Å². The van der Waals surface area contributed by atoms with Gasteiger partial charge < -0.3 is 15.2 Å². The van der Waals surface area contributed by atoms with Gasteiger partial charge in [-0.3, -0.25) is 0 Å². The van der Waals surface area contributed by atoms with Gasteiger partial charge in [0.05, 0.1) is 17.3 Å². The van der Waals surface area contributed by atoms with E-state index in [2.05, 4.69) is 31.2 Å². The molecule has 0 amide bonds. The van der Waals surface area contributed by atoms with Crippen molar-refractivity contribution in [2.24, 2.45) is 0 Å². The highest BCUT2D eigenvalue weighted by atomic mass is 79.9. The predicted octanol–water partition coefficient (Wildman–Crippen LogP) is 1.43. The van der Waals surface area contributed by atoms with Gasteiger partial charge in [-0.25, -0.2) is 4.98 Å². The summed E-state index contributed by atoms with van der Waals surface area (Å²) in [7, 11) is 0. The summed E-state index contributed by atoms with van der Waals surface area (Å²) < 4.78 is 6.08. The molecule has 15 heavy (non-hydrogen) atoms. The lowest BCUT2D eigenvalue weighted by Gasteiger charge is -2.07. The number of nitrogens with one attached hydrogen (secondary N) is 1. The van der Waals surface area contributed by atoms with Crippen LogP contribution in [0.3, 0.4) is 0 Å². The molecular formula is C9H14BrN3O2. The van der Waals surface area contributed by atoms with Gasteiger partial charge in [0.15, 0.2) is 0 Å². The second kappa shape index (κ2) is 6.58. The van der Waals surface area contributed by atoms with Gasteiger partial charge >= 0.3 is 0 Å². The first-order chi connectivity index (χ1) is 7.27. The van der Waals surface area contributed by atoms with Crippen LogP contribution in [0.5, 0.6) is 5.88 Å². The zero-order valence-electron chi connectivity index (χ0n) is 8.53. The van der Waals surface area contributed by atoms with Gasteiger partial charge in [-0.1, -0.05) is 0 Å². The SMILES string of the molecule is CCNc1ncc(Br)c(OCCCO)n1. The highest BCUT2D eigenvalue weighted by Crippen LogP contribution is 2.22. The second-order valence-corrected chi connectivity index (χ2v) is 3.66. The minimum atomic E-state index is 0.114. The average Bonchev–Trinajstić information content (AvgIpc) is 2.23. The third-order valence-corrected chi connectivity index (χ3v) is 2.13. The molecule has 0 atom stereocenters. The number of aliphatic hydroxyl groups excluding tert-OH is 1. The maximum atomic E-state index is 8.62. The first kappa shape index (κ1) is 12.2. The Bertz CT molecular complexity index is 309. The summed E-state index contributed by atoms with van der Waals surface area (Å²) in [6, 6.07) is 0. The van der Waals surface area contributed by atoms with Gasteiger partial charge in [0.25, 0.3) is 0 Å². The monoisotopic (exact) mass is 275 g/mol. The van der Waals surface area contributed by atoms with Crippen molar-refractivity contribution in [1.29, 1.82) is 0 Å². The number of anilines is 1. The topological polar surface area (TPSA) is 67.3 Å². The normalized spacial score (nSPS) is 10.1. The van der Waals surface area contributed by atoms with E-state index in [1.165, 1.54) is 0 Å². The largest absolute Gasteiger partial charge is 0.477 e. The van der Waals surface area contributed by atoms with Gasteiger partial charge in [0.2, 0.25) is 11.8 Å². The van der Waals surface area contributed by atoms with Crippen molar-refractivity contribution in [3.05, 3.63) is 10.7 Å². The molecule has 5 nitrogen and oxygen atoms in total. The molecule has 0 aliphatic heterocycles. The zero-order valence-corrected chi connectivity index (χ0v) is 10.1. The Kier molecular flexibility index (Phi) is 5.34. The van der Waals surface area contributed by atoms with E-state index in [0.29, 0.717) is 29.3 Å². The van der Waals surface area contributed by atoms with Crippen LogP contribution in [-0.4, -0.2) is 34.8 Å². The quantitative estimate of drug-likeness (QED) is 0.769. The van der Waals surface area contributed by atoms with Crippen molar-refractivity contribution < 1.29 is 9.84 Å². The molecule has 0 fully saturated rings. The van der Waals surface area contributed by atoms with Gasteiger partial charge in [0.1, 0.15) is 0 Å². The van der Waals surface area contributed by atoms with Gasteiger partial charge in [-0.15, -0.1) is 0 Å². The van der Waals surface area contributed by atoms with E-state index in [-0.39, 0.29) is 6.61 Å². The Labute approximate surface area is 97.0 Å². The van der Waals surface area contributed by atoms with E-state index in [1.54, 1.807) is 6.20 Å². The molecular weight excluding hydrogens is 262 g/mol. The van der Waals surface area contributed by atoms with Crippen LogP contribution in [0.2, 0.25) is 0 Å². The van der Waals surface area contributed by atoms with Crippen LogP contribution in [-0.2, 0) is 0 Å². The number of aromatic nitrogens is 2. The summed E-state index contributed by atoms with van der Waals surface area (Å²) in [6.07, 6.45) is 2.23. The summed E-state index contributed by atoms with van der Waals surface area (Å²) in [6.45, 7) is 3.29. The van der Waals surface area contributed by atoms with Crippen LogP contribution in [0.25, 0.3) is 0 Å². The fraction of sp³-hybridized carbons (Fsp3) is 0.556. The molecule has 0 aromatic carbocycles. The molecule has 0 bridgehead atoms. The Hall–Kier alpha value is -0.880. The maximum absolute atomic E-state index is 8.62. The highest BCUT2D eigenvalue weighted by molar-refractivity contribution is 9.10. The van der Waals surface area contributed by atoms with Crippen molar-refractivity contribution in [3.63, 3.8) is 0 Å². The number of hydrogen-bond donors (Lipinski definition) is 2. The minimum absolute atomic E-state index is 0.114. The van der Waals surface area contributed by atoms with Crippen LogP contribution < -0.4 is 10.1 Å². The van der Waals surface area contributed by atoms with Crippen LogP contribution in [0, 0.1) is 0 Å². The van der Waals surface area contributed by atoms with Gasteiger partial charge in [0, 0.05) is 19.6 Å². The lowest BCUT2D eigenvalue weighted by molar-refractivity contribution is 0.228. The van der Waals surface area contributed by atoms with Gasteiger partial charge in [-0.05, 0) is 22.9 Å². The summed E-state index contributed by atoms with van der Waals surface area (Å²) in [5.74, 6) is 1.04. The minimum Gasteiger partial charge on any atom is -0.477 e. The van der Waals surface area contributed by atoms with Crippen LogP contribution in [0.4, 0.5) is 5.95 Å². The number of hydrogen-bond acceptors (Lipinski definition) is 5. The van der Waals surface area contributed by atoms with Crippen molar-refractivity contribution in [3.8, 4) is 5.88 Å². The van der Waals surface area contributed by atoms with Crippen molar-refractivity contribution in [2.75, 3.05) is 25.1 Å². The highest BCUT2D eigenvalue weighted by Gasteiger charge is 2.05. The fourth-order valence-electron chi connectivity index (χ4n) is 0.929. The molecule has 1 aromatic heterocycles. The van der Waals surface area contributed by atoms with Gasteiger partial charge in [-0.2, -0.15) is 4.98 Å². The Morgan fingerprint density at radius 3 is 3.07 bits per heavy atom. The molecule has 1 rings (SSSR count). The molecule has 0 aliphatic rings. The Morgan fingerprint density at radius 2 is 2.40 bits per heavy atom. The number of ether oxygens (including phenoxy) is 1. The zero-order chi connectivity index (χ0) is 11.1. The number of nitrogens with zero attached hydrogens (tertiary/aromatic N) is 2. The van der Waals surface area contributed by atoms with E-state index >= 15 is 0 Å². The molecule has 0 spiro atoms. The molecule has 1 heterocycles. The Balaban J connectivity index is 2.63. The van der Waals surface area contributed by atoms with Crippen LogP contribution >= 0.6 is 15.9 Å². The summed E-state index contributed by atoms with van der Waals surface area (Å²) in [5, 5.41) is 11.6. The summed E-state index contributed by atoms with van der Waals surface area (Å²) in [4.78, 5) is 8.22. The molecule has 0 radical (unpaired) electrons. The van der Waals surface area contributed by atoms with Crippen LogP contribution in [0.1, 0.15) is 13.3 Å². The van der Waals surface area contributed by atoms with E-state index in [0.717, 1.165) is 6.54 Å². The van der Waals surface area contributed by atoms with Crippen molar-refractivity contribution in [1.82, 2.24) is 9.97 Å². The lowest BCUT2D eigenvalue weighted by Crippen LogP contribution is -2.06. The third-order valence-electron chi connectivity index (χ3n) is 1.59. The summed E-state index contributed by atoms with van der Waals surface area (Å²) >= 11 is 3.29. The number of rotatable bonds is 6. The molecule has 0 saturated heterocycles. The smallest absolute Gasteiger partial charge is 0.232 e. The predicted molar refractivity (Wildman–Crippen MR) is 61.1 cm³/mol. The molecule has 0 unspecified atom stereocenters. The molecule has 6 heteroatoms. The molecule has 0 saturated carbocycles. The van der Waals surface area contributed by atoms with E-state index in [9.17, 15) is 0 Å². The van der Waals surface area contributed by atoms with E-state index in [4.69, 9.17) is 9.84 Å². The molecule has 1 aromatic rings. The maximum Gasteiger partial charge on any atom is 0.232 e. The molecule has 0 aliphatic carbocycles. The third kappa shape index (κ3) is 4.01. The fourth-order valence-corrected chi connectivity index (χ4v) is 1.23. The average molecular weight is 276 g/mol.